The van der Waals surface area contributed by atoms with E-state index in [1.807, 2.05) is 18.2 Å². The Labute approximate surface area is 135 Å². The second kappa shape index (κ2) is 17.1. The van der Waals surface area contributed by atoms with Crippen LogP contribution in [-0.4, -0.2) is 30.7 Å². The molecule has 0 amide bonds. The molecule has 0 atom stereocenters. The van der Waals surface area contributed by atoms with Crippen LogP contribution in [0.4, 0.5) is 0 Å². The molecule has 0 fully saturated rings. The molecule has 0 unspecified atom stereocenters. The number of nitrogens with zero attached hydrogens (tertiary/aromatic N) is 1. The lowest BCUT2D eigenvalue weighted by molar-refractivity contribution is -0.912. The second-order valence-corrected chi connectivity index (χ2v) is 4.19. The Morgan fingerprint density at radius 3 is 1.56 bits per heavy atom. The Morgan fingerprint density at radius 2 is 1.28 bits per heavy atom. The van der Waals surface area contributed by atoms with Crippen molar-refractivity contribution in [1.29, 1.82) is 0 Å². The molecule has 0 aliphatic heterocycles. The van der Waals surface area contributed by atoms with E-state index in [2.05, 4.69) is 26.7 Å². The SMILES string of the molecule is Br.C=CC[N+](CC=C)(CC=C)CCCCC.N.[Br-]. The number of hydrogen-bond acceptors (Lipinski definition) is 1. The molecule has 0 aromatic heterocycles. The monoisotopic (exact) mass is 384 g/mol. The van der Waals surface area contributed by atoms with E-state index in [1.165, 1.54) is 25.8 Å². The summed E-state index contributed by atoms with van der Waals surface area (Å²) in [7, 11) is 0. The molecule has 0 saturated heterocycles. The van der Waals surface area contributed by atoms with Crippen molar-refractivity contribution in [3.05, 3.63) is 38.0 Å². The average Bonchev–Trinajstić information content (AvgIpc) is 2.19. The van der Waals surface area contributed by atoms with Gasteiger partial charge in [-0.05, 0) is 31.1 Å². The molecule has 0 bridgehead atoms. The van der Waals surface area contributed by atoms with E-state index in [-0.39, 0.29) is 40.1 Å². The Morgan fingerprint density at radius 1 is 0.889 bits per heavy atom. The maximum Gasteiger partial charge on any atom is 0.0975 e. The zero-order valence-corrected chi connectivity index (χ0v) is 15.0. The molecular weight excluding hydrogens is 356 g/mol. The fourth-order valence-corrected chi connectivity index (χ4v) is 2.02. The van der Waals surface area contributed by atoms with Crippen LogP contribution < -0.4 is 23.1 Å². The summed E-state index contributed by atoms with van der Waals surface area (Å²) < 4.78 is 1.04. The highest BCUT2D eigenvalue weighted by Crippen LogP contribution is 2.11. The van der Waals surface area contributed by atoms with Gasteiger partial charge in [0.25, 0.3) is 0 Å². The number of unbranched alkanes of at least 4 members (excludes halogenated alkanes) is 2. The first kappa shape index (κ1) is 26.6. The van der Waals surface area contributed by atoms with Gasteiger partial charge in [0, 0.05) is 0 Å². The van der Waals surface area contributed by atoms with E-state index in [0.717, 1.165) is 24.1 Å². The van der Waals surface area contributed by atoms with Gasteiger partial charge in [0.05, 0.1) is 26.2 Å². The van der Waals surface area contributed by atoms with Gasteiger partial charge in [-0.25, -0.2) is 0 Å². The van der Waals surface area contributed by atoms with Gasteiger partial charge in [-0.1, -0.05) is 33.1 Å². The number of rotatable bonds is 10. The van der Waals surface area contributed by atoms with Crippen molar-refractivity contribution in [2.75, 3.05) is 26.2 Å². The predicted octanol–water partition coefficient (Wildman–Crippen LogP) is 1.30. The van der Waals surface area contributed by atoms with Gasteiger partial charge in [-0.15, -0.1) is 17.0 Å². The van der Waals surface area contributed by atoms with Crippen molar-refractivity contribution in [2.45, 2.75) is 26.2 Å². The Hall–Kier alpha value is 0.1000. The molecule has 0 aromatic rings. The molecule has 0 saturated carbocycles. The summed E-state index contributed by atoms with van der Waals surface area (Å²) in [5.74, 6) is 0. The van der Waals surface area contributed by atoms with Crippen LogP contribution >= 0.6 is 17.0 Å². The maximum absolute atomic E-state index is 3.85. The highest BCUT2D eigenvalue weighted by molar-refractivity contribution is 8.93. The van der Waals surface area contributed by atoms with Crippen molar-refractivity contribution in [2.24, 2.45) is 0 Å². The van der Waals surface area contributed by atoms with Gasteiger partial charge in [0.2, 0.25) is 0 Å². The van der Waals surface area contributed by atoms with Crippen molar-refractivity contribution in [3.8, 4) is 0 Å². The van der Waals surface area contributed by atoms with Crippen molar-refractivity contribution in [3.63, 3.8) is 0 Å². The molecule has 18 heavy (non-hydrogen) atoms. The van der Waals surface area contributed by atoms with E-state index < -0.39 is 0 Å². The third-order valence-electron chi connectivity index (χ3n) is 2.79. The van der Waals surface area contributed by atoms with E-state index in [4.69, 9.17) is 0 Å². The lowest BCUT2D eigenvalue weighted by Gasteiger charge is -2.36. The van der Waals surface area contributed by atoms with Crippen molar-refractivity contribution in [1.82, 2.24) is 6.15 Å². The molecular formula is C14H30Br2N2. The van der Waals surface area contributed by atoms with Crippen LogP contribution in [0.2, 0.25) is 0 Å². The van der Waals surface area contributed by atoms with E-state index in [1.54, 1.807) is 0 Å². The Bertz CT molecular complexity index is 179. The molecule has 0 aliphatic carbocycles. The first-order valence-corrected chi connectivity index (χ1v) is 5.92. The summed E-state index contributed by atoms with van der Waals surface area (Å²) in [6, 6.07) is 0. The van der Waals surface area contributed by atoms with Gasteiger partial charge in [0.15, 0.2) is 0 Å². The maximum atomic E-state index is 3.85. The first-order chi connectivity index (χ1) is 7.24. The summed E-state index contributed by atoms with van der Waals surface area (Å²) in [4.78, 5) is 0. The molecule has 4 heteroatoms. The van der Waals surface area contributed by atoms with Gasteiger partial charge in [-0.2, -0.15) is 0 Å². The highest BCUT2D eigenvalue weighted by atomic mass is 79.9. The topological polar surface area (TPSA) is 35.0 Å². The van der Waals surface area contributed by atoms with Gasteiger partial charge in [-0.3, -0.25) is 0 Å². The number of halogens is 2. The summed E-state index contributed by atoms with van der Waals surface area (Å²) >= 11 is 0. The Kier molecular flexibility index (Phi) is 25.3. The average molecular weight is 386 g/mol. The number of quaternary nitrogens is 1. The lowest BCUT2D eigenvalue weighted by atomic mass is 10.2. The fraction of sp³-hybridized carbons (Fsp3) is 0.571. The minimum Gasteiger partial charge on any atom is -1.00 e. The minimum atomic E-state index is 0. The summed E-state index contributed by atoms with van der Waals surface area (Å²) in [5, 5.41) is 0. The number of hydrogen-bond donors (Lipinski definition) is 1. The third-order valence-corrected chi connectivity index (χ3v) is 2.79. The summed E-state index contributed by atoms with van der Waals surface area (Å²) in [6.07, 6.45) is 9.91. The van der Waals surface area contributed by atoms with E-state index >= 15 is 0 Å². The van der Waals surface area contributed by atoms with Crippen molar-refractivity contribution < 1.29 is 21.5 Å². The van der Waals surface area contributed by atoms with Crippen LogP contribution in [0.1, 0.15) is 26.2 Å². The first-order valence-electron chi connectivity index (χ1n) is 5.92. The lowest BCUT2D eigenvalue weighted by Crippen LogP contribution is -3.00. The standard InChI is InChI=1S/C14H26N.2BrH.H3N/c1-5-9-10-14-15(11-6-2,12-7-3)13-8-4;;;/h6-8H,2-5,9-14H2,1H3;2*1H;1H3/q+1;;;/p-1. The molecule has 2 nitrogen and oxygen atoms in total. The molecule has 0 spiro atoms. The van der Waals surface area contributed by atoms with E-state index in [9.17, 15) is 0 Å². The van der Waals surface area contributed by atoms with E-state index in [0.29, 0.717) is 0 Å². The van der Waals surface area contributed by atoms with Gasteiger partial charge in [0.1, 0.15) is 0 Å². The van der Waals surface area contributed by atoms with Crippen LogP contribution in [0.25, 0.3) is 0 Å². The van der Waals surface area contributed by atoms with Gasteiger partial charge >= 0.3 is 0 Å². The molecule has 0 heterocycles. The molecule has 0 radical (unpaired) electrons. The summed E-state index contributed by atoms with van der Waals surface area (Å²) in [5.41, 5.74) is 0. The molecule has 0 aliphatic rings. The van der Waals surface area contributed by atoms with Crippen LogP contribution in [0.5, 0.6) is 0 Å². The summed E-state index contributed by atoms with van der Waals surface area (Å²) in [6.45, 7) is 18.1. The van der Waals surface area contributed by atoms with Crippen LogP contribution in [0, 0.1) is 0 Å². The normalized spacial score (nSPS) is 9.17. The second-order valence-electron chi connectivity index (χ2n) is 4.19. The molecule has 3 N–H and O–H groups in total. The quantitative estimate of drug-likeness (QED) is 0.343. The third kappa shape index (κ3) is 11.2. The van der Waals surface area contributed by atoms with Gasteiger partial charge < -0.3 is 27.6 Å². The zero-order valence-electron chi connectivity index (χ0n) is 11.7. The van der Waals surface area contributed by atoms with Crippen LogP contribution in [0.3, 0.4) is 0 Å². The highest BCUT2D eigenvalue weighted by Gasteiger charge is 2.21. The van der Waals surface area contributed by atoms with Crippen LogP contribution in [0.15, 0.2) is 38.0 Å². The molecule has 110 valence electrons. The van der Waals surface area contributed by atoms with Crippen LogP contribution in [-0.2, 0) is 0 Å². The minimum absolute atomic E-state index is 0. The molecule has 0 aromatic carbocycles. The predicted molar refractivity (Wildman–Crippen MR) is 85.2 cm³/mol. The Balaban J connectivity index is -0.000000327. The smallest absolute Gasteiger partial charge is 0.0975 e. The van der Waals surface area contributed by atoms with Crippen molar-refractivity contribution >= 4 is 17.0 Å². The molecule has 0 rings (SSSR count). The zero-order chi connectivity index (χ0) is 11.6. The largest absolute Gasteiger partial charge is 1.00 e. The fourth-order valence-electron chi connectivity index (χ4n) is 2.02.